The average Bonchev–Trinajstić information content (AvgIpc) is 3.36. The molecule has 2 aromatic carbocycles. The van der Waals surface area contributed by atoms with E-state index in [-0.39, 0.29) is 6.04 Å². The van der Waals surface area contributed by atoms with Gasteiger partial charge in [-0.25, -0.2) is 0 Å². The molecular weight excluding hydrogens is 450 g/mol. The van der Waals surface area contributed by atoms with Gasteiger partial charge in [-0.15, -0.1) is 0 Å². The molecule has 192 valence electrons. The molecule has 0 amide bonds. The highest BCUT2D eigenvalue weighted by molar-refractivity contribution is 5.79. The molecule has 3 aliphatic rings. The van der Waals surface area contributed by atoms with Gasteiger partial charge in [0.2, 0.25) is 0 Å². The fraction of sp³-hybridized carbons (Fsp3) is 0.552. The number of ether oxygens (including phenoxy) is 1. The summed E-state index contributed by atoms with van der Waals surface area (Å²) in [5.41, 5.74) is 3.29. The van der Waals surface area contributed by atoms with Gasteiger partial charge >= 0.3 is 0 Å². The molecule has 3 atom stereocenters. The molecule has 0 aliphatic carbocycles. The Morgan fingerprint density at radius 3 is 2.75 bits per heavy atom. The molecule has 1 aromatic heterocycles. The van der Waals surface area contributed by atoms with Gasteiger partial charge in [-0.3, -0.25) is 9.80 Å². The van der Waals surface area contributed by atoms with Crippen molar-refractivity contribution >= 4 is 11.0 Å². The third-order valence-corrected chi connectivity index (χ3v) is 8.38. The van der Waals surface area contributed by atoms with E-state index in [2.05, 4.69) is 68.5 Å². The van der Waals surface area contributed by atoms with Crippen molar-refractivity contribution in [3.8, 4) is 5.75 Å². The zero-order chi connectivity index (χ0) is 24.3. The lowest BCUT2D eigenvalue weighted by atomic mass is 9.86. The lowest BCUT2D eigenvalue weighted by Gasteiger charge is -2.46. The molecule has 3 aromatic rings. The number of piperazine rings is 2. The summed E-state index contributed by atoms with van der Waals surface area (Å²) in [5, 5.41) is 9.33. The van der Waals surface area contributed by atoms with Crippen LogP contribution in [-0.2, 0) is 6.54 Å². The Hall–Kier alpha value is -2.45. The number of nitrogens with one attached hydrogen (secondary N) is 1. The van der Waals surface area contributed by atoms with Crippen LogP contribution in [0.2, 0.25) is 0 Å². The smallest absolute Gasteiger partial charge is 0.167 e. The lowest BCUT2D eigenvalue weighted by molar-refractivity contribution is 0.0377. The first-order chi connectivity index (χ1) is 17.8. The van der Waals surface area contributed by atoms with Gasteiger partial charge < -0.3 is 19.5 Å². The van der Waals surface area contributed by atoms with E-state index in [1.165, 1.54) is 25.1 Å². The first-order valence-corrected chi connectivity index (χ1v) is 13.7. The van der Waals surface area contributed by atoms with Crippen LogP contribution in [0.4, 0.5) is 0 Å². The maximum absolute atomic E-state index is 6.35. The van der Waals surface area contributed by atoms with E-state index in [0.29, 0.717) is 12.0 Å². The third kappa shape index (κ3) is 5.16. The average molecular weight is 490 g/mol. The van der Waals surface area contributed by atoms with Crippen LogP contribution in [0.3, 0.4) is 0 Å². The molecule has 7 heteroatoms. The maximum atomic E-state index is 6.35. The highest BCUT2D eigenvalue weighted by atomic mass is 16.5. The zero-order valence-electron chi connectivity index (χ0n) is 21.4. The van der Waals surface area contributed by atoms with Crippen LogP contribution in [0.1, 0.15) is 37.1 Å². The van der Waals surface area contributed by atoms with Crippen LogP contribution in [0, 0.1) is 5.92 Å². The van der Waals surface area contributed by atoms with Gasteiger partial charge in [0.15, 0.2) is 5.58 Å². The van der Waals surface area contributed by atoms with E-state index in [1.807, 2.05) is 12.1 Å². The monoisotopic (exact) mass is 489 g/mol. The predicted molar refractivity (Wildman–Crippen MR) is 142 cm³/mol. The minimum absolute atomic E-state index is 0.222. The number of hydrogen-bond donors (Lipinski definition) is 1. The summed E-state index contributed by atoms with van der Waals surface area (Å²) < 4.78 is 12.0. The second-order valence-corrected chi connectivity index (χ2v) is 10.7. The van der Waals surface area contributed by atoms with Gasteiger partial charge in [0.05, 0.1) is 12.6 Å². The van der Waals surface area contributed by atoms with Crippen molar-refractivity contribution in [3.63, 3.8) is 0 Å². The fourth-order valence-corrected chi connectivity index (χ4v) is 6.30. The largest absolute Gasteiger partial charge is 0.493 e. The second kappa shape index (κ2) is 10.9. The van der Waals surface area contributed by atoms with Crippen LogP contribution in [0.25, 0.3) is 11.0 Å². The number of likely N-dealkylation sites (N-methyl/N-ethyl adjacent to an activating group) is 1. The van der Waals surface area contributed by atoms with Crippen LogP contribution in [0.15, 0.2) is 53.1 Å². The van der Waals surface area contributed by atoms with Crippen LogP contribution >= 0.6 is 0 Å². The number of benzene rings is 2. The van der Waals surface area contributed by atoms with Gasteiger partial charge in [0.25, 0.3) is 0 Å². The summed E-state index contributed by atoms with van der Waals surface area (Å²) in [6, 6.07) is 17.6. The summed E-state index contributed by atoms with van der Waals surface area (Å²) in [6.07, 6.45) is 2.33. The Morgan fingerprint density at radius 1 is 1.00 bits per heavy atom. The first-order valence-electron chi connectivity index (χ1n) is 13.7. The molecule has 3 aliphatic heterocycles. The molecule has 3 unspecified atom stereocenters. The van der Waals surface area contributed by atoms with Crippen molar-refractivity contribution < 1.29 is 9.26 Å². The standard InChI is InChI=1S/C29H39N5O2/c1-2-32-14-16-33(17-15-32)19-22-6-5-7-24(18-22)35-21-23-10-11-26-29(30-12-13-34(26)20-23)28-25-8-3-4-9-27(25)36-31-28/h3-9,18,23,26,29-30H,2,10-17,19-21H2,1H3. The van der Waals surface area contributed by atoms with E-state index in [0.717, 1.165) is 81.3 Å². The molecule has 0 saturated carbocycles. The minimum atomic E-state index is 0.222. The van der Waals surface area contributed by atoms with E-state index in [9.17, 15) is 0 Å². The van der Waals surface area contributed by atoms with E-state index >= 15 is 0 Å². The molecule has 4 heterocycles. The first kappa shape index (κ1) is 23.9. The topological polar surface area (TPSA) is 57.0 Å². The van der Waals surface area contributed by atoms with Crippen molar-refractivity contribution in [1.29, 1.82) is 0 Å². The molecule has 3 fully saturated rings. The second-order valence-electron chi connectivity index (χ2n) is 10.7. The Kier molecular flexibility index (Phi) is 7.23. The number of piperidine rings is 1. The molecule has 0 radical (unpaired) electrons. The van der Waals surface area contributed by atoms with Gasteiger partial charge in [-0.2, -0.15) is 0 Å². The van der Waals surface area contributed by atoms with Crippen LogP contribution in [-0.4, -0.2) is 84.9 Å². The highest BCUT2D eigenvalue weighted by Crippen LogP contribution is 2.35. The van der Waals surface area contributed by atoms with E-state index < -0.39 is 0 Å². The molecule has 6 rings (SSSR count). The molecule has 7 nitrogen and oxygen atoms in total. The summed E-state index contributed by atoms with van der Waals surface area (Å²) in [4.78, 5) is 7.74. The summed E-state index contributed by atoms with van der Waals surface area (Å²) >= 11 is 0. The Balaban J connectivity index is 1.03. The molecular formula is C29H39N5O2. The summed E-state index contributed by atoms with van der Waals surface area (Å²) in [5.74, 6) is 1.56. The normalized spacial score (nSPS) is 26.2. The van der Waals surface area contributed by atoms with Crippen molar-refractivity contribution in [3.05, 3.63) is 59.8 Å². The number of fused-ring (bicyclic) bond motifs is 2. The van der Waals surface area contributed by atoms with E-state index in [4.69, 9.17) is 9.26 Å². The SMILES string of the molecule is CCN1CCN(Cc2cccc(OCC3CCC4C(c5noc6ccccc56)NCCN4C3)c2)CC1. The number of nitrogens with zero attached hydrogens (tertiary/aromatic N) is 4. The zero-order valence-corrected chi connectivity index (χ0v) is 21.4. The van der Waals surface area contributed by atoms with E-state index in [1.54, 1.807) is 0 Å². The number of rotatable bonds is 7. The van der Waals surface area contributed by atoms with Crippen molar-refractivity contribution in [1.82, 2.24) is 25.2 Å². The van der Waals surface area contributed by atoms with Crippen molar-refractivity contribution in [2.75, 3.05) is 59.0 Å². The molecule has 1 N–H and O–H groups in total. The molecule has 36 heavy (non-hydrogen) atoms. The summed E-state index contributed by atoms with van der Waals surface area (Å²) in [7, 11) is 0. The number of aromatic nitrogens is 1. The Labute approximate surface area is 214 Å². The molecule has 0 bridgehead atoms. The van der Waals surface area contributed by atoms with Gasteiger partial charge in [0, 0.05) is 69.7 Å². The van der Waals surface area contributed by atoms with Crippen LogP contribution < -0.4 is 10.1 Å². The predicted octanol–water partition coefficient (Wildman–Crippen LogP) is 3.77. The quantitative estimate of drug-likeness (QED) is 0.542. The summed E-state index contributed by atoms with van der Waals surface area (Å²) in [6.45, 7) is 13.0. The Morgan fingerprint density at radius 2 is 1.86 bits per heavy atom. The fourth-order valence-electron chi connectivity index (χ4n) is 6.30. The third-order valence-electron chi connectivity index (χ3n) is 8.38. The number of hydrogen-bond acceptors (Lipinski definition) is 7. The van der Waals surface area contributed by atoms with Crippen molar-refractivity contribution in [2.24, 2.45) is 5.92 Å². The van der Waals surface area contributed by atoms with Gasteiger partial charge in [-0.05, 0) is 49.2 Å². The van der Waals surface area contributed by atoms with Crippen molar-refractivity contribution in [2.45, 2.75) is 38.4 Å². The van der Waals surface area contributed by atoms with Crippen LogP contribution in [0.5, 0.6) is 5.75 Å². The lowest BCUT2D eigenvalue weighted by Crippen LogP contribution is -2.57. The van der Waals surface area contributed by atoms with Gasteiger partial charge in [0.1, 0.15) is 11.4 Å². The minimum Gasteiger partial charge on any atom is -0.493 e. The molecule has 0 spiro atoms. The number of para-hydroxylation sites is 1. The van der Waals surface area contributed by atoms with Gasteiger partial charge in [-0.1, -0.05) is 36.3 Å². The molecule has 3 saturated heterocycles. The maximum Gasteiger partial charge on any atom is 0.167 e. The Bertz CT molecular complexity index is 1140. The highest BCUT2D eigenvalue weighted by Gasteiger charge is 2.39.